The molecule has 1 fully saturated rings. The maximum absolute atomic E-state index is 13.8. The molecular weight excluding hydrogens is 630 g/mol. The van der Waals surface area contributed by atoms with E-state index in [0.717, 1.165) is 30.3 Å². The number of carbonyl (C=O) groups excluding carboxylic acids is 1. The third-order valence-electron chi connectivity index (χ3n) is 5.70. The van der Waals surface area contributed by atoms with E-state index >= 15 is 0 Å². The number of nitrogens with zero attached hydrogens (tertiary/aromatic N) is 3. The standard InChI is InChI=1S/C24H16Cl4N4O7S/c1-31(40(38,39)14-4-2-3-11(7-14)23(34)35)20-21(29-18-6-5-13(25)10-15(18)26)30-32(22(20)33)19-16(27)8-12(24(36)37)9-17(19)28/h2-10,20H,1H3,(H,29,30)(H,34,35)(H,36,37). The smallest absolute Gasteiger partial charge is 0.335 e. The maximum Gasteiger partial charge on any atom is 0.335 e. The van der Waals surface area contributed by atoms with Crippen LogP contribution in [0.2, 0.25) is 20.1 Å². The van der Waals surface area contributed by atoms with Crippen molar-refractivity contribution in [2.75, 3.05) is 12.1 Å². The minimum Gasteiger partial charge on any atom is -0.478 e. The number of hydrogen-bond donors (Lipinski definition) is 3. The van der Waals surface area contributed by atoms with Crippen molar-refractivity contribution in [3.8, 4) is 0 Å². The topological polar surface area (TPSA) is 157 Å². The number of hydrogen-bond acceptors (Lipinski definition) is 6. The van der Waals surface area contributed by atoms with Crippen molar-refractivity contribution in [2.24, 2.45) is 4.99 Å². The Morgan fingerprint density at radius 1 is 0.925 bits per heavy atom. The molecule has 1 amide bonds. The predicted octanol–water partition coefficient (Wildman–Crippen LogP) is 4.97. The second kappa shape index (κ2) is 11.2. The average Bonchev–Trinajstić information content (AvgIpc) is 3.19. The van der Waals surface area contributed by atoms with Crippen LogP contribution < -0.4 is 10.4 Å². The summed E-state index contributed by atoms with van der Waals surface area (Å²) in [5.74, 6) is -3.79. The quantitative estimate of drug-likeness (QED) is 0.325. The van der Waals surface area contributed by atoms with Crippen LogP contribution in [-0.4, -0.2) is 59.7 Å². The van der Waals surface area contributed by atoms with Crippen molar-refractivity contribution in [3.05, 3.63) is 85.8 Å². The average molecular weight is 646 g/mol. The summed E-state index contributed by atoms with van der Waals surface area (Å²) in [6.45, 7) is 0. The molecule has 3 aromatic carbocycles. The van der Waals surface area contributed by atoms with Crippen molar-refractivity contribution >= 4 is 91.5 Å². The van der Waals surface area contributed by atoms with Gasteiger partial charge in [-0.1, -0.05) is 52.5 Å². The van der Waals surface area contributed by atoms with Gasteiger partial charge in [-0.2, -0.15) is 4.31 Å². The van der Waals surface area contributed by atoms with E-state index < -0.39 is 38.8 Å². The van der Waals surface area contributed by atoms with E-state index in [1.165, 1.54) is 36.4 Å². The molecule has 0 radical (unpaired) electrons. The first-order chi connectivity index (χ1) is 18.7. The van der Waals surface area contributed by atoms with Crippen LogP contribution in [0.4, 0.5) is 11.4 Å². The zero-order chi connectivity index (χ0) is 29.5. The van der Waals surface area contributed by atoms with E-state index in [-0.39, 0.29) is 43.4 Å². The third kappa shape index (κ3) is 5.59. The molecule has 1 atom stereocenters. The van der Waals surface area contributed by atoms with Crippen molar-refractivity contribution in [3.63, 3.8) is 0 Å². The van der Waals surface area contributed by atoms with Crippen molar-refractivity contribution in [1.29, 1.82) is 0 Å². The minimum absolute atomic E-state index is 0.0907. The predicted molar refractivity (Wildman–Crippen MR) is 150 cm³/mol. The van der Waals surface area contributed by atoms with Crippen LogP contribution in [0.25, 0.3) is 0 Å². The number of carboxylic acid groups (broad SMARTS) is 2. The molecule has 208 valence electrons. The van der Waals surface area contributed by atoms with Gasteiger partial charge in [0.05, 0.1) is 36.8 Å². The molecule has 3 N–H and O–H groups in total. The second-order valence-electron chi connectivity index (χ2n) is 8.23. The Morgan fingerprint density at radius 3 is 2.12 bits per heavy atom. The number of carbonyl (C=O) groups is 3. The van der Waals surface area contributed by atoms with Gasteiger partial charge in [0.1, 0.15) is 11.5 Å². The van der Waals surface area contributed by atoms with Crippen LogP contribution in [0.5, 0.6) is 0 Å². The number of likely N-dealkylation sites (N-methyl/N-ethyl adjacent to an activating group) is 1. The van der Waals surface area contributed by atoms with E-state index in [4.69, 9.17) is 46.4 Å². The molecule has 1 saturated heterocycles. The Labute approximate surface area is 247 Å². The number of benzene rings is 3. The number of amidine groups is 1. The molecule has 0 spiro atoms. The number of aromatic carboxylic acids is 2. The van der Waals surface area contributed by atoms with Crippen molar-refractivity contribution in [2.45, 2.75) is 10.9 Å². The highest BCUT2D eigenvalue weighted by Gasteiger charge is 2.46. The summed E-state index contributed by atoms with van der Waals surface area (Å²) in [6, 6.07) is 9.39. The molecule has 3 aromatic rings. The van der Waals surface area contributed by atoms with Gasteiger partial charge in [0.25, 0.3) is 5.91 Å². The van der Waals surface area contributed by atoms with Crippen LogP contribution in [0.3, 0.4) is 0 Å². The first kappa shape index (κ1) is 29.6. The lowest BCUT2D eigenvalue weighted by atomic mass is 10.2. The van der Waals surface area contributed by atoms with E-state index in [1.807, 2.05) is 0 Å². The highest BCUT2D eigenvalue weighted by atomic mass is 35.5. The molecule has 0 aromatic heterocycles. The molecule has 1 heterocycles. The number of anilines is 1. The van der Waals surface area contributed by atoms with Crippen LogP contribution in [-0.2, 0) is 14.8 Å². The lowest BCUT2D eigenvalue weighted by Crippen LogP contribution is -2.45. The van der Waals surface area contributed by atoms with Gasteiger partial charge in [-0.15, -0.1) is 0 Å². The highest BCUT2D eigenvalue weighted by Crippen LogP contribution is 2.38. The largest absolute Gasteiger partial charge is 0.478 e. The van der Waals surface area contributed by atoms with Gasteiger partial charge in [-0.25, -0.2) is 28.0 Å². The van der Waals surface area contributed by atoms with Gasteiger partial charge >= 0.3 is 11.9 Å². The molecule has 1 aliphatic rings. The molecule has 1 aliphatic heterocycles. The number of carboxylic acids is 2. The minimum atomic E-state index is -4.49. The molecule has 4 rings (SSSR count). The van der Waals surface area contributed by atoms with Gasteiger partial charge < -0.3 is 10.2 Å². The fourth-order valence-electron chi connectivity index (χ4n) is 3.75. The lowest BCUT2D eigenvalue weighted by molar-refractivity contribution is -0.119. The van der Waals surface area contributed by atoms with Gasteiger partial charge in [0.15, 0.2) is 6.04 Å². The van der Waals surface area contributed by atoms with Crippen molar-refractivity contribution in [1.82, 2.24) is 9.73 Å². The van der Waals surface area contributed by atoms with Crippen molar-refractivity contribution < 1.29 is 33.0 Å². The summed E-state index contributed by atoms with van der Waals surface area (Å²) >= 11 is 24.8. The number of rotatable bonds is 7. The summed E-state index contributed by atoms with van der Waals surface area (Å²) in [6.07, 6.45) is 0. The van der Waals surface area contributed by atoms with Crippen LogP contribution in [0, 0.1) is 0 Å². The highest BCUT2D eigenvalue weighted by molar-refractivity contribution is 7.89. The molecular formula is C24H16Cl4N4O7S. The molecule has 40 heavy (non-hydrogen) atoms. The number of sulfonamides is 1. The normalized spacial score (nSPS) is 16.4. The summed E-state index contributed by atoms with van der Waals surface area (Å²) in [7, 11) is -3.39. The number of nitrogens with one attached hydrogen (secondary N) is 1. The monoisotopic (exact) mass is 644 g/mol. The fraction of sp³-hybridized carbons (Fsp3) is 0.0833. The lowest BCUT2D eigenvalue weighted by Gasteiger charge is -2.23. The molecule has 11 nitrogen and oxygen atoms in total. The van der Waals surface area contributed by atoms with E-state index in [9.17, 15) is 33.0 Å². The Hall–Kier alpha value is -3.39. The number of hydrazine groups is 1. The van der Waals surface area contributed by atoms with Crippen LogP contribution in [0.15, 0.2) is 64.5 Å². The first-order valence-corrected chi connectivity index (χ1v) is 13.9. The van der Waals surface area contributed by atoms with Gasteiger partial charge in [0, 0.05) is 12.1 Å². The molecule has 1 unspecified atom stereocenters. The van der Waals surface area contributed by atoms with Gasteiger partial charge in [-0.05, 0) is 48.5 Å². The van der Waals surface area contributed by atoms with Crippen LogP contribution in [0.1, 0.15) is 20.7 Å². The van der Waals surface area contributed by atoms with Gasteiger partial charge in [0.2, 0.25) is 10.0 Å². The third-order valence-corrected chi connectivity index (χ3v) is 8.63. The second-order valence-corrected chi connectivity index (χ2v) is 11.9. The van der Waals surface area contributed by atoms with Crippen LogP contribution >= 0.6 is 46.4 Å². The van der Waals surface area contributed by atoms with E-state index in [0.29, 0.717) is 9.33 Å². The summed E-state index contributed by atoms with van der Waals surface area (Å²) in [4.78, 5) is 40.5. The number of halogens is 4. The zero-order valence-corrected chi connectivity index (χ0v) is 23.8. The van der Waals surface area contributed by atoms with Gasteiger partial charge in [-0.3, -0.25) is 10.2 Å². The summed E-state index contributed by atoms with van der Waals surface area (Å²) in [5, 5.41) is 19.4. The zero-order valence-electron chi connectivity index (χ0n) is 20.0. The molecule has 0 bridgehead atoms. The SMILES string of the molecule is CN(C1C(=O)N(c2c(Cl)cc(C(=O)O)cc2Cl)NC1=Nc1ccc(Cl)cc1Cl)S(=O)(=O)c1cccc(C(=O)O)c1. The number of aliphatic imine (C=N–C) groups is 1. The molecule has 0 saturated carbocycles. The van der Waals surface area contributed by atoms with E-state index in [1.54, 1.807) is 0 Å². The number of amides is 1. The van der Waals surface area contributed by atoms with E-state index in [2.05, 4.69) is 10.4 Å². The summed E-state index contributed by atoms with van der Waals surface area (Å²) < 4.78 is 27.8. The Bertz CT molecular complexity index is 1690. The Balaban J connectivity index is 1.86. The molecule has 16 heteroatoms. The summed E-state index contributed by atoms with van der Waals surface area (Å²) in [5.41, 5.74) is 2.12. The maximum atomic E-state index is 13.8. The first-order valence-electron chi connectivity index (χ1n) is 10.9. The Morgan fingerprint density at radius 2 is 1.55 bits per heavy atom. The Kier molecular flexibility index (Phi) is 8.31. The molecule has 0 aliphatic carbocycles. The fourth-order valence-corrected chi connectivity index (χ4v) is 6.18.